The van der Waals surface area contributed by atoms with Crippen LogP contribution in [0.1, 0.15) is 15.9 Å². The van der Waals surface area contributed by atoms with Crippen molar-refractivity contribution in [3.05, 3.63) is 85.0 Å². The van der Waals surface area contributed by atoms with Crippen LogP contribution in [0.4, 0.5) is 0 Å². The number of halogens is 2. The molecular weight excluding hydrogens is 369 g/mol. The van der Waals surface area contributed by atoms with Gasteiger partial charge < -0.3 is 0 Å². The molecule has 0 aliphatic heterocycles. The van der Waals surface area contributed by atoms with Crippen LogP contribution in [0.3, 0.4) is 0 Å². The Morgan fingerprint density at radius 2 is 1.62 bits per heavy atom. The normalized spacial score (nSPS) is 11.7. The Kier molecular flexibility index (Phi) is 4.99. The van der Waals surface area contributed by atoms with Crippen molar-refractivity contribution in [3.63, 3.8) is 0 Å². The van der Waals surface area contributed by atoms with Gasteiger partial charge in [0.25, 0.3) is 5.91 Å². The van der Waals surface area contributed by atoms with Crippen LogP contribution in [-0.2, 0) is 6.54 Å². The zero-order valence-corrected chi connectivity index (χ0v) is 14.5. The highest BCUT2D eigenvalue weighted by molar-refractivity contribution is 7.02. The fraction of sp³-hybridized carbons (Fsp3) is 0.0625. The highest BCUT2D eigenvalue weighted by atomic mass is 35.5. The van der Waals surface area contributed by atoms with E-state index in [0.29, 0.717) is 27.0 Å². The lowest BCUT2D eigenvalue weighted by atomic mass is 10.2. The number of benzene rings is 2. The highest BCUT2D eigenvalue weighted by Gasteiger charge is 2.08. The number of rotatable bonds is 3. The molecule has 0 saturated carbocycles. The van der Waals surface area contributed by atoms with Crippen LogP contribution < -0.4 is 10.5 Å². The standard InChI is InChI=1S/C16H11Cl2N3O2S/c17-12-5-1-10(2-6-12)9-21-15(23)20-24-16(21)19-14(22)11-3-7-13(18)8-4-11/h1-8H,9H2,(H,20,23). The fourth-order valence-electron chi connectivity index (χ4n) is 2.03. The van der Waals surface area contributed by atoms with Crippen LogP contribution in [0.2, 0.25) is 10.0 Å². The summed E-state index contributed by atoms with van der Waals surface area (Å²) in [6.45, 7) is 0.294. The molecule has 1 aromatic heterocycles. The van der Waals surface area contributed by atoms with Crippen LogP contribution >= 0.6 is 34.7 Å². The molecule has 3 aromatic rings. The molecule has 0 radical (unpaired) electrons. The van der Waals surface area contributed by atoms with Gasteiger partial charge >= 0.3 is 5.69 Å². The summed E-state index contributed by atoms with van der Waals surface area (Å²) in [6.07, 6.45) is 0. The number of hydrogen-bond acceptors (Lipinski definition) is 3. The van der Waals surface area contributed by atoms with E-state index in [-0.39, 0.29) is 5.69 Å². The second-order valence-corrected chi connectivity index (χ2v) is 6.57. The van der Waals surface area contributed by atoms with Crippen LogP contribution in [-0.4, -0.2) is 14.8 Å². The molecule has 0 spiro atoms. The molecule has 0 fully saturated rings. The minimum Gasteiger partial charge on any atom is -0.267 e. The predicted molar refractivity (Wildman–Crippen MR) is 94.8 cm³/mol. The Morgan fingerprint density at radius 1 is 1.04 bits per heavy atom. The highest BCUT2D eigenvalue weighted by Crippen LogP contribution is 2.11. The van der Waals surface area contributed by atoms with Crippen LogP contribution in [0.25, 0.3) is 0 Å². The van der Waals surface area contributed by atoms with Gasteiger partial charge in [0.2, 0.25) is 4.80 Å². The lowest BCUT2D eigenvalue weighted by Crippen LogP contribution is -2.27. The molecule has 1 N–H and O–H groups in total. The Morgan fingerprint density at radius 3 is 2.25 bits per heavy atom. The van der Waals surface area contributed by atoms with Gasteiger partial charge in [0.15, 0.2) is 0 Å². The summed E-state index contributed by atoms with van der Waals surface area (Å²) >= 11 is 12.7. The van der Waals surface area contributed by atoms with E-state index in [2.05, 4.69) is 9.37 Å². The van der Waals surface area contributed by atoms with Crippen molar-refractivity contribution in [3.8, 4) is 0 Å². The molecule has 5 nitrogen and oxygen atoms in total. The van der Waals surface area contributed by atoms with Crippen molar-refractivity contribution < 1.29 is 4.79 Å². The molecule has 1 amide bonds. The van der Waals surface area contributed by atoms with Crippen molar-refractivity contribution >= 4 is 40.6 Å². The lowest BCUT2D eigenvalue weighted by molar-refractivity contribution is 0.0998. The first-order chi connectivity index (χ1) is 11.5. The quantitative estimate of drug-likeness (QED) is 0.758. The van der Waals surface area contributed by atoms with Crippen molar-refractivity contribution in [1.82, 2.24) is 8.94 Å². The number of nitrogens with zero attached hydrogens (tertiary/aromatic N) is 2. The number of aromatic amines is 1. The molecule has 0 aliphatic carbocycles. The number of hydrogen-bond donors (Lipinski definition) is 1. The molecule has 0 aliphatic rings. The average molecular weight is 380 g/mol. The number of carbonyl (C=O) groups excluding carboxylic acids is 1. The van der Waals surface area contributed by atoms with E-state index in [0.717, 1.165) is 17.1 Å². The van der Waals surface area contributed by atoms with Gasteiger partial charge in [-0.2, -0.15) is 4.99 Å². The van der Waals surface area contributed by atoms with Gasteiger partial charge in [-0.15, -0.1) is 0 Å². The molecule has 2 aromatic carbocycles. The summed E-state index contributed by atoms with van der Waals surface area (Å²) in [4.78, 5) is 28.5. The van der Waals surface area contributed by atoms with E-state index in [1.54, 1.807) is 36.4 Å². The van der Waals surface area contributed by atoms with Crippen molar-refractivity contribution in [2.24, 2.45) is 4.99 Å². The Balaban J connectivity index is 1.94. The number of H-pyrrole nitrogens is 1. The van der Waals surface area contributed by atoms with Crippen LogP contribution in [0.15, 0.2) is 58.3 Å². The molecule has 3 rings (SSSR count). The Labute approximate surface area is 151 Å². The molecule has 1 heterocycles. The van der Waals surface area contributed by atoms with Crippen LogP contribution in [0.5, 0.6) is 0 Å². The second-order valence-electron chi connectivity index (χ2n) is 4.93. The third-order valence-electron chi connectivity index (χ3n) is 3.25. The van der Waals surface area contributed by atoms with E-state index in [4.69, 9.17) is 23.2 Å². The van der Waals surface area contributed by atoms with Gasteiger partial charge in [-0.3, -0.25) is 13.7 Å². The fourth-order valence-corrected chi connectivity index (χ4v) is 2.95. The molecule has 0 saturated heterocycles. The Hall–Kier alpha value is -2.15. The van der Waals surface area contributed by atoms with Gasteiger partial charge in [-0.1, -0.05) is 35.3 Å². The monoisotopic (exact) mass is 379 g/mol. The maximum absolute atomic E-state index is 12.2. The van der Waals surface area contributed by atoms with Crippen molar-refractivity contribution in [1.29, 1.82) is 0 Å². The summed E-state index contributed by atoms with van der Waals surface area (Å²) in [5.41, 5.74) is 0.958. The average Bonchev–Trinajstić information content (AvgIpc) is 2.90. The SMILES string of the molecule is O=C(N=c1s[nH]c(=O)n1Cc1ccc(Cl)cc1)c1ccc(Cl)cc1. The maximum Gasteiger partial charge on any atom is 0.337 e. The van der Waals surface area contributed by atoms with Gasteiger partial charge in [-0.05, 0) is 53.5 Å². The molecule has 0 unspecified atom stereocenters. The lowest BCUT2D eigenvalue weighted by Gasteiger charge is -2.02. The van der Waals surface area contributed by atoms with Gasteiger partial charge in [0, 0.05) is 15.6 Å². The molecule has 0 atom stereocenters. The molecule has 24 heavy (non-hydrogen) atoms. The minimum absolute atomic E-state index is 0.294. The van der Waals surface area contributed by atoms with Gasteiger partial charge in [-0.25, -0.2) is 4.79 Å². The number of nitrogens with one attached hydrogen (secondary N) is 1. The zero-order valence-electron chi connectivity index (χ0n) is 12.2. The Bertz CT molecular complexity index is 986. The van der Waals surface area contributed by atoms with E-state index in [1.807, 2.05) is 12.1 Å². The number of aromatic nitrogens is 2. The van der Waals surface area contributed by atoms with Gasteiger partial charge in [0.05, 0.1) is 6.54 Å². The first-order valence-electron chi connectivity index (χ1n) is 6.90. The van der Waals surface area contributed by atoms with E-state index < -0.39 is 5.91 Å². The van der Waals surface area contributed by atoms with Crippen molar-refractivity contribution in [2.45, 2.75) is 6.54 Å². The topological polar surface area (TPSA) is 67.2 Å². The van der Waals surface area contributed by atoms with E-state index in [9.17, 15) is 9.59 Å². The van der Waals surface area contributed by atoms with Crippen LogP contribution in [0, 0.1) is 0 Å². The first-order valence-corrected chi connectivity index (χ1v) is 8.47. The summed E-state index contributed by atoms with van der Waals surface area (Å²) in [7, 11) is 0. The first kappa shape index (κ1) is 16.7. The predicted octanol–water partition coefficient (Wildman–Crippen LogP) is 3.33. The summed E-state index contributed by atoms with van der Waals surface area (Å²) in [5.74, 6) is -0.438. The maximum atomic E-state index is 12.2. The minimum atomic E-state index is -0.438. The molecule has 0 bridgehead atoms. The molecule has 8 heteroatoms. The van der Waals surface area contributed by atoms with Gasteiger partial charge in [0.1, 0.15) is 0 Å². The third-order valence-corrected chi connectivity index (χ3v) is 4.52. The van der Waals surface area contributed by atoms with Crippen molar-refractivity contribution in [2.75, 3.05) is 0 Å². The van der Waals surface area contributed by atoms with E-state index >= 15 is 0 Å². The number of amides is 1. The largest absolute Gasteiger partial charge is 0.337 e. The smallest absolute Gasteiger partial charge is 0.267 e. The summed E-state index contributed by atoms with van der Waals surface area (Å²) in [5, 5.41) is 1.15. The summed E-state index contributed by atoms with van der Waals surface area (Å²) in [6, 6.07) is 13.5. The second kappa shape index (κ2) is 7.17. The molecular formula is C16H11Cl2N3O2S. The van der Waals surface area contributed by atoms with E-state index in [1.165, 1.54) is 4.57 Å². The molecule has 122 valence electrons. The number of carbonyl (C=O) groups is 1. The third kappa shape index (κ3) is 3.84. The summed E-state index contributed by atoms with van der Waals surface area (Å²) < 4.78 is 4.00. The zero-order chi connectivity index (χ0) is 17.1.